The van der Waals surface area contributed by atoms with Crippen LogP contribution in [0, 0.1) is 0 Å². The van der Waals surface area contributed by atoms with Crippen LogP contribution in [-0.4, -0.2) is 56.7 Å². The zero-order chi connectivity index (χ0) is 11.1. The number of likely N-dealkylation sites (tertiary alicyclic amines) is 1. The van der Waals surface area contributed by atoms with Crippen molar-refractivity contribution in [1.82, 2.24) is 4.90 Å². The van der Waals surface area contributed by atoms with Crippen LogP contribution in [0.25, 0.3) is 0 Å². The quantitative estimate of drug-likeness (QED) is 0.559. The molecule has 1 fully saturated rings. The zero-order valence-corrected chi connectivity index (χ0v) is 9.70. The van der Waals surface area contributed by atoms with Crippen molar-refractivity contribution < 1.29 is 14.3 Å². The molecule has 0 aromatic heterocycles. The van der Waals surface area contributed by atoms with Crippen LogP contribution in [0.3, 0.4) is 0 Å². The molecular weight excluding hydrogens is 194 g/mol. The average Bonchev–Trinajstić information content (AvgIpc) is 2.19. The molecule has 0 aromatic carbocycles. The molecule has 1 heterocycles. The van der Waals surface area contributed by atoms with Crippen LogP contribution in [0.1, 0.15) is 19.8 Å². The molecule has 1 aliphatic heterocycles. The second-order valence-corrected chi connectivity index (χ2v) is 4.01. The van der Waals surface area contributed by atoms with Crippen molar-refractivity contribution >= 4 is 5.78 Å². The first kappa shape index (κ1) is 12.6. The van der Waals surface area contributed by atoms with Crippen LogP contribution >= 0.6 is 0 Å². The third-order valence-corrected chi connectivity index (χ3v) is 2.47. The van der Waals surface area contributed by atoms with Gasteiger partial charge in [-0.15, -0.1) is 0 Å². The largest absolute Gasteiger partial charge is 0.375 e. The molecule has 0 saturated carbocycles. The van der Waals surface area contributed by atoms with Gasteiger partial charge in [-0.25, -0.2) is 0 Å². The Bertz CT molecular complexity index is 190. The van der Waals surface area contributed by atoms with Gasteiger partial charge in [0.05, 0.1) is 6.10 Å². The maximum atomic E-state index is 10.9. The van der Waals surface area contributed by atoms with E-state index in [-0.39, 0.29) is 12.4 Å². The molecule has 0 aromatic rings. The summed E-state index contributed by atoms with van der Waals surface area (Å²) >= 11 is 0. The Morgan fingerprint density at radius 3 is 2.73 bits per heavy atom. The summed E-state index contributed by atoms with van der Waals surface area (Å²) in [5, 5.41) is 0. The lowest BCUT2D eigenvalue weighted by Crippen LogP contribution is -2.49. The Balaban J connectivity index is 1.79. The lowest BCUT2D eigenvalue weighted by Gasteiger charge is -2.35. The SMILES string of the molecule is CCC(=O)COCCCOC1CN(C)C1. The summed E-state index contributed by atoms with van der Waals surface area (Å²) in [6.45, 7) is 5.53. The number of hydrogen-bond donors (Lipinski definition) is 0. The van der Waals surface area contributed by atoms with E-state index in [4.69, 9.17) is 9.47 Å². The highest BCUT2D eigenvalue weighted by Crippen LogP contribution is 2.08. The van der Waals surface area contributed by atoms with E-state index < -0.39 is 0 Å². The molecule has 1 rings (SSSR count). The van der Waals surface area contributed by atoms with Crippen LogP contribution in [0.4, 0.5) is 0 Å². The molecule has 0 atom stereocenters. The standard InChI is InChI=1S/C11H21NO3/c1-3-10(13)9-14-5-4-6-15-11-7-12(2)8-11/h11H,3-9H2,1-2H3. The molecule has 0 bridgehead atoms. The third-order valence-electron chi connectivity index (χ3n) is 2.47. The first-order chi connectivity index (χ1) is 7.22. The Morgan fingerprint density at radius 2 is 2.13 bits per heavy atom. The molecule has 0 unspecified atom stereocenters. The Morgan fingerprint density at radius 1 is 1.40 bits per heavy atom. The van der Waals surface area contributed by atoms with Crippen molar-refractivity contribution in [1.29, 1.82) is 0 Å². The Kier molecular flexibility index (Phi) is 5.83. The fraction of sp³-hybridized carbons (Fsp3) is 0.909. The van der Waals surface area contributed by atoms with Gasteiger partial charge in [0.25, 0.3) is 0 Å². The van der Waals surface area contributed by atoms with Gasteiger partial charge in [0.2, 0.25) is 0 Å². The van der Waals surface area contributed by atoms with Crippen molar-refractivity contribution in [2.75, 3.05) is 40.0 Å². The van der Waals surface area contributed by atoms with Crippen LogP contribution in [0.5, 0.6) is 0 Å². The van der Waals surface area contributed by atoms with Gasteiger partial charge in [0, 0.05) is 32.7 Å². The number of likely N-dealkylation sites (N-methyl/N-ethyl adjacent to an activating group) is 1. The molecule has 4 nitrogen and oxygen atoms in total. The van der Waals surface area contributed by atoms with Gasteiger partial charge < -0.3 is 14.4 Å². The fourth-order valence-electron chi connectivity index (χ4n) is 1.45. The average molecular weight is 215 g/mol. The summed E-state index contributed by atoms with van der Waals surface area (Å²) in [5.74, 6) is 0.163. The van der Waals surface area contributed by atoms with E-state index in [1.54, 1.807) is 0 Å². The zero-order valence-electron chi connectivity index (χ0n) is 9.70. The van der Waals surface area contributed by atoms with E-state index in [0.717, 1.165) is 26.1 Å². The lowest BCUT2D eigenvalue weighted by molar-refractivity contribution is -0.123. The monoisotopic (exact) mass is 215 g/mol. The second-order valence-electron chi connectivity index (χ2n) is 4.01. The number of ketones is 1. The number of hydrogen-bond acceptors (Lipinski definition) is 4. The van der Waals surface area contributed by atoms with Crippen molar-refractivity contribution in [3.8, 4) is 0 Å². The second kappa shape index (κ2) is 6.93. The number of nitrogens with zero attached hydrogens (tertiary/aromatic N) is 1. The van der Waals surface area contributed by atoms with Crippen LogP contribution < -0.4 is 0 Å². The maximum Gasteiger partial charge on any atom is 0.158 e. The molecule has 4 heteroatoms. The maximum absolute atomic E-state index is 10.9. The van der Waals surface area contributed by atoms with Gasteiger partial charge in [-0.3, -0.25) is 4.79 Å². The first-order valence-electron chi connectivity index (χ1n) is 5.62. The van der Waals surface area contributed by atoms with Crippen molar-refractivity contribution in [3.63, 3.8) is 0 Å². The smallest absolute Gasteiger partial charge is 0.158 e. The molecule has 0 spiro atoms. The van der Waals surface area contributed by atoms with E-state index in [2.05, 4.69) is 11.9 Å². The minimum atomic E-state index is 0.163. The normalized spacial score (nSPS) is 17.7. The fourth-order valence-corrected chi connectivity index (χ4v) is 1.45. The van der Waals surface area contributed by atoms with Crippen LogP contribution in [0.2, 0.25) is 0 Å². The highest BCUT2D eigenvalue weighted by atomic mass is 16.5. The van der Waals surface area contributed by atoms with Gasteiger partial charge in [-0.1, -0.05) is 6.92 Å². The molecule has 0 radical (unpaired) electrons. The molecule has 1 aliphatic rings. The molecule has 0 aliphatic carbocycles. The third kappa shape index (κ3) is 5.25. The van der Waals surface area contributed by atoms with Gasteiger partial charge in [-0.05, 0) is 13.5 Å². The summed E-state index contributed by atoms with van der Waals surface area (Å²) in [4.78, 5) is 13.1. The summed E-state index contributed by atoms with van der Waals surface area (Å²) in [6, 6.07) is 0. The number of carbonyl (C=O) groups excluding carboxylic acids is 1. The van der Waals surface area contributed by atoms with Crippen molar-refractivity contribution in [3.05, 3.63) is 0 Å². The van der Waals surface area contributed by atoms with E-state index in [9.17, 15) is 4.79 Å². The lowest BCUT2D eigenvalue weighted by atomic mass is 10.2. The number of rotatable bonds is 8. The Labute approximate surface area is 91.5 Å². The minimum absolute atomic E-state index is 0.163. The number of ether oxygens (including phenoxy) is 2. The van der Waals surface area contributed by atoms with E-state index in [1.165, 1.54) is 0 Å². The summed E-state index contributed by atoms with van der Waals surface area (Å²) in [7, 11) is 2.08. The van der Waals surface area contributed by atoms with Crippen LogP contribution in [-0.2, 0) is 14.3 Å². The summed E-state index contributed by atoms with van der Waals surface area (Å²) < 4.78 is 10.8. The molecule has 15 heavy (non-hydrogen) atoms. The first-order valence-corrected chi connectivity index (χ1v) is 5.62. The van der Waals surface area contributed by atoms with Gasteiger partial charge in [0.15, 0.2) is 5.78 Å². The number of Topliss-reactive ketones (excluding diaryl/α,β-unsaturated/α-hetero) is 1. The molecule has 0 N–H and O–H groups in total. The highest BCUT2D eigenvalue weighted by Gasteiger charge is 2.22. The topological polar surface area (TPSA) is 38.8 Å². The molecular formula is C11H21NO3. The molecule has 0 amide bonds. The summed E-state index contributed by atoms with van der Waals surface area (Å²) in [5.41, 5.74) is 0. The predicted molar refractivity (Wildman–Crippen MR) is 58.0 cm³/mol. The van der Waals surface area contributed by atoms with Gasteiger partial charge in [0.1, 0.15) is 6.61 Å². The molecule has 1 saturated heterocycles. The predicted octanol–water partition coefficient (Wildman–Crippen LogP) is 0.703. The Hall–Kier alpha value is -0.450. The van der Waals surface area contributed by atoms with Gasteiger partial charge >= 0.3 is 0 Å². The summed E-state index contributed by atoms with van der Waals surface area (Å²) in [6.07, 6.45) is 1.84. The molecule has 88 valence electrons. The van der Waals surface area contributed by atoms with Crippen molar-refractivity contribution in [2.24, 2.45) is 0 Å². The van der Waals surface area contributed by atoms with E-state index in [0.29, 0.717) is 19.1 Å². The number of carbonyl (C=O) groups is 1. The highest BCUT2D eigenvalue weighted by molar-refractivity contribution is 5.79. The van der Waals surface area contributed by atoms with E-state index >= 15 is 0 Å². The van der Waals surface area contributed by atoms with Gasteiger partial charge in [-0.2, -0.15) is 0 Å². The van der Waals surface area contributed by atoms with Crippen molar-refractivity contribution in [2.45, 2.75) is 25.9 Å². The van der Waals surface area contributed by atoms with Crippen LogP contribution in [0.15, 0.2) is 0 Å². The van der Waals surface area contributed by atoms with E-state index in [1.807, 2.05) is 6.92 Å². The minimum Gasteiger partial charge on any atom is -0.375 e.